The Balaban J connectivity index is 1.66. The van der Waals surface area contributed by atoms with E-state index in [1.807, 2.05) is 25.1 Å². The Labute approximate surface area is 227 Å². The van der Waals surface area contributed by atoms with Crippen LogP contribution in [0.15, 0.2) is 71.6 Å². The first-order valence-electron chi connectivity index (χ1n) is 11.8. The lowest BCUT2D eigenvalue weighted by molar-refractivity contribution is -0.139. The first-order valence-corrected chi connectivity index (χ1v) is 13.5. The number of aliphatic carboxylic acids is 1. The molecule has 0 radical (unpaired) electrons. The molecule has 0 fully saturated rings. The van der Waals surface area contributed by atoms with Crippen molar-refractivity contribution in [1.29, 1.82) is 0 Å². The van der Waals surface area contributed by atoms with Gasteiger partial charge < -0.3 is 9.84 Å². The molecule has 9 heteroatoms. The van der Waals surface area contributed by atoms with Gasteiger partial charge in [0, 0.05) is 20.6 Å². The molecule has 1 unspecified atom stereocenters. The van der Waals surface area contributed by atoms with Gasteiger partial charge in [0.1, 0.15) is 10.8 Å². The van der Waals surface area contributed by atoms with Crippen molar-refractivity contribution in [3.8, 4) is 16.3 Å². The van der Waals surface area contributed by atoms with E-state index in [1.54, 1.807) is 23.9 Å². The first-order chi connectivity index (χ1) is 18.0. The Hall–Kier alpha value is -3.30. The molecule has 0 aliphatic heterocycles. The normalized spacial score (nSPS) is 12.4. The number of rotatable bonds is 9. The molecule has 1 aromatic heterocycles. The summed E-state index contributed by atoms with van der Waals surface area (Å²) in [5, 5.41) is 9.51. The molecule has 4 nitrogen and oxygen atoms in total. The Morgan fingerprint density at radius 3 is 2.21 bits per heavy atom. The van der Waals surface area contributed by atoms with Crippen molar-refractivity contribution < 1.29 is 27.8 Å². The highest BCUT2D eigenvalue weighted by molar-refractivity contribution is 7.99. The van der Waals surface area contributed by atoms with Gasteiger partial charge in [-0.05, 0) is 80.3 Å². The van der Waals surface area contributed by atoms with Crippen LogP contribution in [0.25, 0.3) is 10.6 Å². The number of ether oxygens (including phenoxy) is 1. The van der Waals surface area contributed by atoms with Crippen LogP contribution in [-0.4, -0.2) is 22.7 Å². The lowest BCUT2D eigenvalue weighted by Gasteiger charge is -2.19. The van der Waals surface area contributed by atoms with E-state index in [1.165, 1.54) is 40.2 Å². The molecular weight excluding hydrogens is 531 g/mol. The van der Waals surface area contributed by atoms with Crippen LogP contribution in [0.2, 0.25) is 0 Å². The van der Waals surface area contributed by atoms with Gasteiger partial charge in [0.15, 0.2) is 6.61 Å². The fourth-order valence-corrected chi connectivity index (χ4v) is 6.59. The summed E-state index contributed by atoms with van der Waals surface area (Å²) in [6, 6.07) is 18.6. The van der Waals surface area contributed by atoms with Gasteiger partial charge in [0.05, 0.1) is 11.3 Å². The lowest BCUT2D eigenvalue weighted by Crippen LogP contribution is -2.09. The maximum absolute atomic E-state index is 13.0. The predicted octanol–water partition coefficient (Wildman–Crippen LogP) is 8.29. The zero-order chi connectivity index (χ0) is 27.4. The molecule has 0 amide bonds. The zero-order valence-corrected chi connectivity index (χ0v) is 22.6. The summed E-state index contributed by atoms with van der Waals surface area (Å²) in [6.07, 6.45) is -3.64. The van der Waals surface area contributed by atoms with E-state index >= 15 is 0 Å². The number of aryl methyl sites for hydroxylation is 3. The second-order valence-corrected chi connectivity index (χ2v) is 11.2. The number of alkyl halides is 3. The Kier molecular flexibility index (Phi) is 8.47. The van der Waals surface area contributed by atoms with Crippen molar-refractivity contribution in [3.05, 3.63) is 99.6 Å². The third-order valence-corrected chi connectivity index (χ3v) is 8.78. The van der Waals surface area contributed by atoms with Gasteiger partial charge in [-0.3, -0.25) is 0 Å². The van der Waals surface area contributed by atoms with Crippen molar-refractivity contribution in [2.75, 3.05) is 6.61 Å². The minimum atomic E-state index is -4.39. The van der Waals surface area contributed by atoms with E-state index in [0.29, 0.717) is 16.3 Å². The number of hydrogen-bond acceptors (Lipinski definition) is 5. The van der Waals surface area contributed by atoms with Crippen LogP contribution >= 0.6 is 23.1 Å². The Bertz CT molecular complexity index is 1390. The summed E-state index contributed by atoms with van der Waals surface area (Å²) >= 11 is 3.16. The molecule has 3 aromatic carbocycles. The maximum atomic E-state index is 13.0. The number of thiazole rings is 1. The van der Waals surface area contributed by atoms with Crippen LogP contribution in [0.5, 0.6) is 5.75 Å². The highest BCUT2D eigenvalue weighted by atomic mass is 32.2. The molecule has 1 N–H and O–H groups in total. The molecule has 198 valence electrons. The number of nitrogens with zero attached hydrogens (tertiary/aromatic N) is 1. The number of carboxylic acid groups (broad SMARTS) is 1. The van der Waals surface area contributed by atoms with Crippen LogP contribution < -0.4 is 4.74 Å². The molecule has 4 aromatic rings. The number of halogens is 3. The summed E-state index contributed by atoms with van der Waals surface area (Å²) in [6.45, 7) is 5.70. The van der Waals surface area contributed by atoms with Gasteiger partial charge >= 0.3 is 12.1 Å². The van der Waals surface area contributed by atoms with Crippen molar-refractivity contribution in [2.24, 2.45) is 0 Å². The maximum Gasteiger partial charge on any atom is 0.416 e. The fraction of sp³-hybridized carbons (Fsp3) is 0.241. The first kappa shape index (κ1) is 27.7. The van der Waals surface area contributed by atoms with Crippen LogP contribution in [0, 0.1) is 20.8 Å². The van der Waals surface area contributed by atoms with Gasteiger partial charge in [0.2, 0.25) is 0 Å². The minimum Gasteiger partial charge on any atom is -0.482 e. The Morgan fingerprint density at radius 1 is 1.00 bits per heavy atom. The lowest BCUT2D eigenvalue weighted by atomic mass is 9.98. The van der Waals surface area contributed by atoms with Crippen molar-refractivity contribution >= 4 is 29.1 Å². The van der Waals surface area contributed by atoms with Crippen LogP contribution in [0.1, 0.15) is 38.1 Å². The van der Waals surface area contributed by atoms with Gasteiger partial charge in [-0.2, -0.15) is 13.2 Å². The average Bonchev–Trinajstić information content (AvgIpc) is 3.26. The predicted molar refractivity (Wildman–Crippen MR) is 145 cm³/mol. The second kappa shape index (κ2) is 11.6. The molecule has 1 heterocycles. The summed E-state index contributed by atoms with van der Waals surface area (Å²) < 4.78 is 44.3. The zero-order valence-electron chi connectivity index (χ0n) is 21.0. The summed E-state index contributed by atoms with van der Waals surface area (Å²) in [5.41, 5.74) is 4.43. The topological polar surface area (TPSA) is 59.4 Å². The summed E-state index contributed by atoms with van der Waals surface area (Å²) in [5.74, 6) is -0.566. The molecule has 0 aliphatic carbocycles. The quantitative estimate of drug-likeness (QED) is 0.210. The summed E-state index contributed by atoms with van der Waals surface area (Å²) in [7, 11) is 0. The highest BCUT2D eigenvalue weighted by Crippen LogP contribution is 2.44. The van der Waals surface area contributed by atoms with E-state index in [9.17, 15) is 18.0 Å². The van der Waals surface area contributed by atoms with Gasteiger partial charge in [0.25, 0.3) is 0 Å². The van der Waals surface area contributed by atoms with E-state index in [-0.39, 0.29) is 5.25 Å². The molecular formula is C29H26F3NO3S2. The van der Waals surface area contributed by atoms with Gasteiger partial charge in [-0.1, -0.05) is 30.3 Å². The van der Waals surface area contributed by atoms with E-state index in [2.05, 4.69) is 26.0 Å². The monoisotopic (exact) mass is 557 g/mol. The summed E-state index contributed by atoms with van der Waals surface area (Å²) in [4.78, 5) is 17.5. The van der Waals surface area contributed by atoms with Crippen molar-refractivity contribution in [2.45, 2.75) is 43.5 Å². The van der Waals surface area contributed by atoms with Crippen molar-refractivity contribution in [3.63, 3.8) is 0 Å². The molecule has 0 aliphatic rings. The van der Waals surface area contributed by atoms with Gasteiger partial charge in [-0.15, -0.1) is 23.1 Å². The molecule has 38 heavy (non-hydrogen) atoms. The minimum absolute atomic E-state index is 0.00119. The van der Waals surface area contributed by atoms with Crippen LogP contribution in [-0.2, 0) is 17.4 Å². The van der Waals surface area contributed by atoms with Crippen LogP contribution in [0.4, 0.5) is 13.2 Å². The number of carboxylic acids is 1. The number of aromatic nitrogens is 1. The number of carbonyl (C=O) groups is 1. The third-order valence-electron chi connectivity index (χ3n) is 6.08. The van der Waals surface area contributed by atoms with E-state index < -0.39 is 24.3 Å². The largest absolute Gasteiger partial charge is 0.482 e. The SMILES string of the molecule is Cc1cccc(C)c1CC(Sc1ccc(OCC(=O)O)cc1)c1sc(-c2ccc(C(F)(F)F)cc2)nc1C. The standard InChI is InChI=1S/C29H26F3NO3S2/c1-17-5-4-6-18(2)24(17)15-25(37-23-13-11-22(12-14-23)36-16-26(34)35)27-19(3)33-28(38-27)20-7-9-21(10-8-20)29(30,31)32/h4-14,25H,15-16H2,1-3H3,(H,34,35). The van der Waals surface area contributed by atoms with Gasteiger partial charge in [-0.25, -0.2) is 9.78 Å². The Morgan fingerprint density at radius 2 is 1.63 bits per heavy atom. The highest BCUT2D eigenvalue weighted by Gasteiger charge is 2.30. The van der Waals surface area contributed by atoms with E-state index in [4.69, 9.17) is 14.8 Å². The third kappa shape index (κ3) is 6.76. The fourth-order valence-electron chi connectivity index (χ4n) is 4.10. The van der Waals surface area contributed by atoms with Crippen molar-refractivity contribution in [1.82, 2.24) is 4.98 Å². The molecule has 0 bridgehead atoms. The number of benzene rings is 3. The second-order valence-electron chi connectivity index (χ2n) is 8.88. The molecule has 1 atom stereocenters. The average molecular weight is 558 g/mol. The molecule has 0 saturated heterocycles. The molecule has 4 rings (SSSR count). The molecule has 0 saturated carbocycles. The number of hydrogen-bond donors (Lipinski definition) is 1. The molecule has 0 spiro atoms. The van der Waals surface area contributed by atoms with E-state index in [0.717, 1.165) is 34.0 Å². The van der Waals surface area contributed by atoms with Crippen LogP contribution in [0.3, 0.4) is 0 Å². The smallest absolute Gasteiger partial charge is 0.416 e. The number of thioether (sulfide) groups is 1.